The number of primary sulfonamides is 1. The van der Waals surface area contributed by atoms with Crippen molar-refractivity contribution < 1.29 is 22.7 Å². The summed E-state index contributed by atoms with van der Waals surface area (Å²) in [6, 6.07) is 11.3. The third kappa shape index (κ3) is 5.63. The van der Waals surface area contributed by atoms with Gasteiger partial charge in [0.15, 0.2) is 6.61 Å². The fourth-order valence-corrected chi connectivity index (χ4v) is 3.21. The van der Waals surface area contributed by atoms with Crippen LogP contribution in [0.3, 0.4) is 0 Å². The first kappa shape index (κ1) is 20.6. The second-order valence-corrected chi connectivity index (χ2v) is 7.96. The Bertz CT molecular complexity index is 951. The van der Waals surface area contributed by atoms with Crippen LogP contribution in [0.15, 0.2) is 47.4 Å². The third-order valence-corrected chi connectivity index (χ3v) is 4.98. The summed E-state index contributed by atoms with van der Waals surface area (Å²) in [5, 5.41) is 7.62. The van der Waals surface area contributed by atoms with Crippen molar-refractivity contribution in [2.75, 3.05) is 11.9 Å². The summed E-state index contributed by atoms with van der Waals surface area (Å²) in [5.74, 6) is -0.862. The number of aryl methyl sites for hydroxylation is 1. The Morgan fingerprint density at radius 3 is 2.30 bits per heavy atom. The van der Waals surface area contributed by atoms with Crippen LogP contribution >= 0.6 is 0 Å². The molecule has 0 bridgehead atoms. The van der Waals surface area contributed by atoms with Gasteiger partial charge in [-0.05, 0) is 48.2 Å². The van der Waals surface area contributed by atoms with E-state index in [1.165, 1.54) is 18.2 Å². The van der Waals surface area contributed by atoms with E-state index in [9.17, 15) is 18.0 Å². The topological polar surface area (TPSA) is 116 Å². The van der Waals surface area contributed by atoms with Crippen molar-refractivity contribution in [2.24, 2.45) is 5.14 Å². The summed E-state index contributed by atoms with van der Waals surface area (Å²) in [4.78, 5) is 23.9. The quantitative estimate of drug-likeness (QED) is 0.736. The number of anilines is 1. The average Bonchev–Trinajstić information content (AvgIpc) is 2.60. The van der Waals surface area contributed by atoms with E-state index in [1.54, 1.807) is 19.1 Å². The zero-order chi connectivity index (χ0) is 20.2. The van der Waals surface area contributed by atoms with Crippen molar-refractivity contribution in [2.45, 2.75) is 31.6 Å². The molecule has 0 heterocycles. The Labute approximate surface area is 158 Å². The van der Waals surface area contributed by atoms with Gasteiger partial charge in [-0.25, -0.2) is 18.4 Å². The molecule has 3 N–H and O–H groups in total. The average molecular weight is 390 g/mol. The Morgan fingerprint density at radius 1 is 1.11 bits per heavy atom. The number of ether oxygens (including phenoxy) is 1. The lowest BCUT2D eigenvalue weighted by Crippen LogP contribution is -2.21. The number of esters is 1. The van der Waals surface area contributed by atoms with Gasteiger partial charge in [-0.15, -0.1) is 0 Å². The second-order valence-electron chi connectivity index (χ2n) is 6.43. The van der Waals surface area contributed by atoms with Crippen LogP contribution in [0.25, 0.3) is 0 Å². The van der Waals surface area contributed by atoms with Crippen molar-refractivity contribution in [3.63, 3.8) is 0 Å². The lowest BCUT2D eigenvalue weighted by atomic mass is 10.0. The molecule has 0 unspecified atom stereocenters. The first-order valence-electron chi connectivity index (χ1n) is 8.28. The summed E-state index contributed by atoms with van der Waals surface area (Å²) in [6.07, 6.45) is 0. The number of benzene rings is 2. The molecule has 0 aliphatic rings. The Balaban J connectivity index is 1.97. The van der Waals surface area contributed by atoms with Crippen molar-refractivity contribution in [1.82, 2.24) is 0 Å². The molecule has 7 nitrogen and oxygen atoms in total. The number of nitrogens with two attached hydrogens (primary N) is 1. The van der Waals surface area contributed by atoms with Crippen LogP contribution < -0.4 is 10.5 Å². The highest BCUT2D eigenvalue weighted by molar-refractivity contribution is 7.89. The molecule has 0 saturated heterocycles. The molecule has 0 aliphatic heterocycles. The lowest BCUT2D eigenvalue weighted by Gasteiger charge is -2.10. The van der Waals surface area contributed by atoms with Crippen LogP contribution in [0.1, 0.15) is 41.3 Å². The Hall–Kier alpha value is -2.71. The molecule has 144 valence electrons. The number of carbonyl (C=O) groups excluding carboxylic acids is 2. The predicted octanol–water partition coefficient (Wildman–Crippen LogP) is 2.56. The summed E-state index contributed by atoms with van der Waals surface area (Å²) >= 11 is 0. The van der Waals surface area contributed by atoms with Gasteiger partial charge in [0.05, 0.1) is 10.5 Å². The smallest absolute Gasteiger partial charge is 0.338 e. The zero-order valence-corrected chi connectivity index (χ0v) is 16.2. The second kappa shape index (κ2) is 8.32. The standard InChI is InChI=1S/C19H22N2O5S/c1-12(2)14-5-7-15(8-6-14)19(23)26-11-18(22)21-16-9-4-13(3)17(10-16)27(20,24)25/h4-10,12H,11H2,1-3H3,(H,21,22)(H2,20,24,25). The number of hydrogen-bond donors (Lipinski definition) is 2. The van der Waals surface area contributed by atoms with Gasteiger partial charge in [0.2, 0.25) is 10.0 Å². The molecule has 1 amide bonds. The van der Waals surface area contributed by atoms with E-state index in [4.69, 9.17) is 9.88 Å². The number of nitrogens with one attached hydrogen (secondary N) is 1. The summed E-state index contributed by atoms with van der Waals surface area (Å²) in [5.41, 5.74) is 2.15. The van der Waals surface area contributed by atoms with E-state index < -0.39 is 28.5 Å². The molecule has 0 aromatic heterocycles. The fraction of sp³-hybridized carbons (Fsp3) is 0.263. The number of sulfonamides is 1. The highest BCUT2D eigenvalue weighted by atomic mass is 32.2. The maximum absolute atomic E-state index is 12.0. The van der Waals surface area contributed by atoms with Gasteiger partial charge >= 0.3 is 5.97 Å². The minimum atomic E-state index is -3.90. The van der Waals surface area contributed by atoms with Gasteiger partial charge in [-0.3, -0.25) is 4.79 Å². The Kier molecular flexibility index (Phi) is 6.35. The van der Waals surface area contributed by atoms with Crippen molar-refractivity contribution in [3.8, 4) is 0 Å². The lowest BCUT2D eigenvalue weighted by molar-refractivity contribution is -0.119. The van der Waals surface area contributed by atoms with E-state index >= 15 is 0 Å². The minimum absolute atomic E-state index is 0.0810. The highest BCUT2D eigenvalue weighted by Gasteiger charge is 2.14. The van der Waals surface area contributed by atoms with Crippen LogP contribution in [0.2, 0.25) is 0 Å². The number of amides is 1. The summed E-state index contributed by atoms with van der Waals surface area (Å²) in [6.45, 7) is 5.19. The highest BCUT2D eigenvalue weighted by Crippen LogP contribution is 2.19. The van der Waals surface area contributed by atoms with E-state index in [1.807, 2.05) is 26.0 Å². The van der Waals surface area contributed by atoms with E-state index in [2.05, 4.69) is 5.32 Å². The maximum atomic E-state index is 12.0. The van der Waals surface area contributed by atoms with E-state index in [0.717, 1.165) is 5.56 Å². The molecule has 0 radical (unpaired) electrons. The first-order valence-corrected chi connectivity index (χ1v) is 9.83. The number of hydrogen-bond acceptors (Lipinski definition) is 5. The largest absolute Gasteiger partial charge is 0.452 e. The molecular formula is C19H22N2O5S. The number of carbonyl (C=O) groups is 2. The third-order valence-electron chi connectivity index (χ3n) is 3.93. The molecule has 0 spiro atoms. The van der Waals surface area contributed by atoms with Gasteiger partial charge < -0.3 is 10.1 Å². The molecule has 0 atom stereocenters. The van der Waals surface area contributed by atoms with Crippen LogP contribution in [-0.4, -0.2) is 26.9 Å². The molecule has 0 saturated carbocycles. The van der Waals surface area contributed by atoms with Crippen LogP contribution in [0, 0.1) is 6.92 Å². The monoisotopic (exact) mass is 390 g/mol. The normalized spacial score (nSPS) is 11.3. The molecule has 2 aromatic carbocycles. The Morgan fingerprint density at radius 2 is 1.74 bits per heavy atom. The number of rotatable bonds is 6. The molecule has 0 fully saturated rings. The van der Waals surface area contributed by atoms with Crippen molar-refractivity contribution in [3.05, 3.63) is 59.2 Å². The van der Waals surface area contributed by atoms with Crippen LogP contribution in [-0.2, 0) is 19.6 Å². The maximum Gasteiger partial charge on any atom is 0.338 e. The van der Waals surface area contributed by atoms with Crippen LogP contribution in [0.5, 0.6) is 0 Å². The molecular weight excluding hydrogens is 368 g/mol. The van der Waals surface area contributed by atoms with Crippen LogP contribution in [0.4, 0.5) is 5.69 Å². The minimum Gasteiger partial charge on any atom is -0.452 e. The van der Waals surface area contributed by atoms with Gasteiger partial charge in [0, 0.05) is 5.69 Å². The van der Waals surface area contributed by atoms with Gasteiger partial charge in [0.25, 0.3) is 5.91 Å². The fourth-order valence-electron chi connectivity index (χ4n) is 2.40. The molecule has 0 aliphatic carbocycles. The van der Waals surface area contributed by atoms with Crippen molar-refractivity contribution in [1.29, 1.82) is 0 Å². The first-order chi connectivity index (χ1) is 12.6. The predicted molar refractivity (Wildman–Crippen MR) is 102 cm³/mol. The van der Waals surface area contributed by atoms with E-state index in [-0.39, 0.29) is 10.6 Å². The zero-order valence-electron chi connectivity index (χ0n) is 15.4. The van der Waals surface area contributed by atoms with Crippen molar-refractivity contribution >= 4 is 27.6 Å². The van der Waals surface area contributed by atoms with Gasteiger partial charge in [-0.1, -0.05) is 32.0 Å². The van der Waals surface area contributed by atoms with Gasteiger partial charge in [-0.2, -0.15) is 0 Å². The molecule has 27 heavy (non-hydrogen) atoms. The molecule has 2 rings (SSSR count). The SMILES string of the molecule is Cc1ccc(NC(=O)COC(=O)c2ccc(C(C)C)cc2)cc1S(N)(=O)=O. The van der Waals surface area contributed by atoms with E-state index in [0.29, 0.717) is 17.0 Å². The van der Waals surface area contributed by atoms with Gasteiger partial charge in [0.1, 0.15) is 0 Å². The summed E-state index contributed by atoms with van der Waals surface area (Å²) < 4.78 is 28.0. The molecule has 8 heteroatoms. The molecule has 2 aromatic rings. The summed E-state index contributed by atoms with van der Waals surface area (Å²) in [7, 11) is -3.90.